The molecule has 0 aromatic carbocycles. The number of hydrogen-bond donors (Lipinski definition) is 1. The van der Waals surface area contributed by atoms with Crippen molar-refractivity contribution in [2.24, 2.45) is 7.05 Å². The molecule has 84 valence electrons. The molecule has 0 bridgehead atoms. The third-order valence-corrected chi connectivity index (χ3v) is 2.34. The first kappa shape index (κ1) is 11.6. The third-order valence-electron chi connectivity index (χ3n) is 2.34. The Hall–Kier alpha value is -1.52. The molecule has 1 aromatic rings. The minimum absolute atomic E-state index is 0.289. The maximum Gasteiger partial charge on any atom is 0.317 e. The Bertz CT molecular complexity index is 349. The van der Waals surface area contributed by atoms with Gasteiger partial charge in [-0.1, -0.05) is 0 Å². The van der Waals surface area contributed by atoms with Crippen LogP contribution in [0.1, 0.15) is 26.5 Å². The lowest BCUT2D eigenvalue weighted by atomic mass is 9.89. The standard InChI is InChI=1S/C10H17N3O2/c1-5-15-9(14)10(2,3)7-6-8(11)13(4)12-7/h6H,5,11H2,1-4H3. The van der Waals surface area contributed by atoms with Gasteiger partial charge in [-0.2, -0.15) is 5.10 Å². The molecule has 0 atom stereocenters. The summed E-state index contributed by atoms with van der Waals surface area (Å²) in [5, 5.41) is 4.18. The fourth-order valence-corrected chi connectivity index (χ4v) is 1.20. The van der Waals surface area contributed by atoms with E-state index in [1.807, 2.05) is 0 Å². The molecular weight excluding hydrogens is 194 g/mol. The van der Waals surface area contributed by atoms with Gasteiger partial charge in [0.25, 0.3) is 0 Å². The number of nitrogens with zero attached hydrogens (tertiary/aromatic N) is 2. The van der Waals surface area contributed by atoms with Crippen LogP contribution in [0.5, 0.6) is 0 Å². The lowest BCUT2D eigenvalue weighted by Crippen LogP contribution is -2.31. The molecule has 0 spiro atoms. The van der Waals surface area contributed by atoms with Gasteiger partial charge in [0.1, 0.15) is 11.2 Å². The van der Waals surface area contributed by atoms with Crippen LogP contribution in [0.2, 0.25) is 0 Å². The first-order chi connectivity index (χ1) is 6.89. The van der Waals surface area contributed by atoms with Gasteiger partial charge in [0, 0.05) is 13.1 Å². The Kier molecular flexibility index (Phi) is 3.02. The second-order valence-electron chi connectivity index (χ2n) is 3.92. The van der Waals surface area contributed by atoms with Crippen molar-refractivity contribution in [1.82, 2.24) is 9.78 Å². The van der Waals surface area contributed by atoms with E-state index in [-0.39, 0.29) is 5.97 Å². The van der Waals surface area contributed by atoms with Gasteiger partial charge in [-0.05, 0) is 20.8 Å². The molecule has 0 amide bonds. The summed E-state index contributed by atoms with van der Waals surface area (Å²) in [6, 6.07) is 1.69. The van der Waals surface area contributed by atoms with Crippen molar-refractivity contribution in [2.45, 2.75) is 26.2 Å². The van der Waals surface area contributed by atoms with Gasteiger partial charge in [0.15, 0.2) is 0 Å². The molecular formula is C10H17N3O2. The highest BCUT2D eigenvalue weighted by Crippen LogP contribution is 2.24. The van der Waals surface area contributed by atoms with Crippen LogP contribution in [0.25, 0.3) is 0 Å². The third kappa shape index (κ3) is 2.11. The molecule has 0 unspecified atom stereocenters. The first-order valence-corrected chi connectivity index (χ1v) is 4.86. The summed E-state index contributed by atoms with van der Waals surface area (Å²) < 4.78 is 6.52. The Morgan fingerprint density at radius 1 is 1.67 bits per heavy atom. The highest BCUT2D eigenvalue weighted by Gasteiger charge is 2.34. The van der Waals surface area contributed by atoms with Crippen molar-refractivity contribution in [3.8, 4) is 0 Å². The second kappa shape index (κ2) is 3.92. The smallest absolute Gasteiger partial charge is 0.317 e. The monoisotopic (exact) mass is 211 g/mol. The van der Waals surface area contributed by atoms with Crippen LogP contribution in [0.3, 0.4) is 0 Å². The molecule has 1 rings (SSSR count). The molecule has 0 radical (unpaired) electrons. The summed E-state index contributed by atoms with van der Waals surface area (Å²) >= 11 is 0. The summed E-state index contributed by atoms with van der Waals surface area (Å²) in [5.74, 6) is 0.241. The second-order valence-corrected chi connectivity index (χ2v) is 3.92. The Morgan fingerprint density at radius 3 is 2.67 bits per heavy atom. The average Bonchev–Trinajstić information content (AvgIpc) is 2.48. The molecule has 15 heavy (non-hydrogen) atoms. The largest absolute Gasteiger partial charge is 0.465 e. The molecule has 1 aromatic heterocycles. The fourth-order valence-electron chi connectivity index (χ4n) is 1.20. The molecule has 0 saturated heterocycles. The van der Waals surface area contributed by atoms with Crippen LogP contribution in [0, 0.1) is 0 Å². The number of nitrogen functional groups attached to an aromatic ring is 1. The zero-order chi connectivity index (χ0) is 11.6. The van der Waals surface area contributed by atoms with Gasteiger partial charge in [-0.25, -0.2) is 0 Å². The number of ether oxygens (including phenoxy) is 1. The molecule has 0 aliphatic heterocycles. The van der Waals surface area contributed by atoms with E-state index in [9.17, 15) is 4.79 Å². The number of anilines is 1. The highest BCUT2D eigenvalue weighted by atomic mass is 16.5. The normalized spacial score (nSPS) is 11.5. The predicted octanol–water partition coefficient (Wildman–Crippen LogP) is 0.843. The number of rotatable bonds is 3. The van der Waals surface area contributed by atoms with Gasteiger partial charge in [-0.15, -0.1) is 0 Å². The maximum atomic E-state index is 11.7. The lowest BCUT2D eigenvalue weighted by molar-refractivity contribution is -0.148. The van der Waals surface area contributed by atoms with Crippen LogP contribution in [0.15, 0.2) is 6.07 Å². The summed E-state index contributed by atoms with van der Waals surface area (Å²) in [6.45, 7) is 5.69. The maximum absolute atomic E-state index is 11.7. The Balaban J connectivity index is 2.99. The van der Waals surface area contributed by atoms with Crippen molar-refractivity contribution in [1.29, 1.82) is 0 Å². The minimum Gasteiger partial charge on any atom is -0.465 e. The van der Waals surface area contributed by atoms with E-state index >= 15 is 0 Å². The molecule has 5 nitrogen and oxygen atoms in total. The number of hydrogen-bond acceptors (Lipinski definition) is 4. The van der Waals surface area contributed by atoms with Gasteiger partial charge in [-0.3, -0.25) is 9.48 Å². The highest BCUT2D eigenvalue weighted by molar-refractivity contribution is 5.81. The van der Waals surface area contributed by atoms with Gasteiger partial charge in [0.05, 0.1) is 12.3 Å². The quantitative estimate of drug-likeness (QED) is 0.752. The van der Waals surface area contributed by atoms with Crippen LogP contribution in [-0.2, 0) is 22.0 Å². The molecule has 2 N–H and O–H groups in total. The van der Waals surface area contributed by atoms with Crippen molar-refractivity contribution in [3.63, 3.8) is 0 Å². The first-order valence-electron chi connectivity index (χ1n) is 4.86. The predicted molar refractivity (Wildman–Crippen MR) is 57.3 cm³/mol. The van der Waals surface area contributed by atoms with Gasteiger partial charge >= 0.3 is 5.97 Å². The van der Waals surface area contributed by atoms with E-state index in [2.05, 4.69) is 5.10 Å². The lowest BCUT2D eigenvalue weighted by Gasteiger charge is -2.19. The van der Waals surface area contributed by atoms with Gasteiger partial charge in [0.2, 0.25) is 0 Å². The van der Waals surface area contributed by atoms with E-state index in [0.29, 0.717) is 18.1 Å². The number of esters is 1. The Morgan fingerprint density at radius 2 is 2.27 bits per heavy atom. The zero-order valence-corrected chi connectivity index (χ0v) is 9.57. The summed E-state index contributed by atoms with van der Waals surface area (Å²) in [7, 11) is 1.74. The molecule has 0 aliphatic carbocycles. The number of aryl methyl sites for hydroxylation is 1. The van der Waals surface area contributed by atoms with Crippen LogP contribution >= 0.6 is 0 Å². The van der Waals surface area contributed by atoms with Crippen LogP contribution in [0.4, 0.5) is 5.82 Å². The minimum atomic E-state index is -0.759. The van der Waals surface area contributed by atoms with E-state index in [0.717, 1.165) is 0 Å². The molecule has 0 aliphatic rings. The zero-order valence-electron chi connectivity index (χ0n) is 9.57. The molecule has 0 fully saturated rings. The molecule has 0 saturated carbocycles. The Labute approximate surface area is 89.2 Å². The topological polar surface area (TPSA) is 70.1 Å². The van der Waals surface area contributed by atoms with E-state index < -0.39 is 5.41 Å². The number of aromatic nitrogens is 2. The summed E-state index contributed by atoms with van der Waals surface area (Å²) in [5.41, 5.74) is 5.53. The molecule has 1 heterocycles. The SMILES string of the molecule is CCOC(=O)C(C)(C)c1cc(N)n(C)n1. The average molecular weight is 211 g/mol. The van der Waals surface area contributed by atoms with E-state index in [1.165, 1.54) is 4.68 Å². The van der Waals surface area contributed by atoms with Crippen molar-refractivity contribution >= 4 is 11.8 Å². The number of carbonyl (C=O) groups excluding carboxylic acids is 1. The fraction of sp³-hybridized carbons (Fsp3) is 0.600. The van der Waals surface area contributed by atoms with Gasteiger partial charge < -0.3 is 10.5 Å². The summed E-state index contributed by atoms with van der Waals surface area (Å²) in [4.78, 5) is 11.7. The van der Waals surface area contributed by atoms with Crippen molar-refractivity contribution in [2.75, 3.05) is 12.3 Å². The van der Waals surface area contributed by atoms with Crippen LogP contribution in [-0.4, -0.2) is 22.4 Å². The van der Waals surface area contributed by atoms with Crippen LogP contribution < -0.4 is 5.73 Å². The van der Waals surface area contributed by atoms with E-state index in [4.69, 9.17) is 10.5 Å². The van der Waals surface area contributed by atoms with Crippen molar-refractivity contribution in [3.05, 3.63) is 11.8 Å². The number of nitrogens with two attached hydrogens (primary N) is 1. The molecule has 5 heteroatoms. The van der Waals surface area contributed by atoms with E-state index in [1.54, 1.807) is 33.9 Å². The van der Waals surface area contributed by atoms with Crippen molar-refractivity contribution < 1.29 is 9.53 Å². The summed E-state index contributed by atoms with van der Waals surface area (Å²) in [6.07, 6.45) is 0. The number of carbonyl (C=O) groups is 1.